The van der Waals surface area contributed by atoms with Gasteiger partial charge in [-0.3, -0.25) is 14.9 Å². The molecule has 0 aliphatic carbocycles. The van der Waals surface area contributed by atoms with Crippen LogP contribution in [0.15, 0.2) is 36.4 Å². The van der Waals surface area contributed by atoms with E-state index in [9.17, 15) is 14.9 Å². The molecule has 136 valence electrons. The summed E-state index contributed by atoms with van der Waals surface area (Å²) in [6, 6.07) is 9.95. The Labute approximate surface area is 152 Å². The number of rotatable bonds is 4. The van der Waals surface area contributed by atoms with E-state index in [1.807, 2.05) is 17.9 Å². The Morgan fingerprint density at radius 2 is 2.00 bits per heavy atom. The van der Waals surface area contributed by atoms with Crippen LogP contribution < -0.4 is 10.2 Å². The molecule has 1 aromatic heterocycles. The van der Waals surface area contributed by atoms with Crippen molar-refractivity contribution in [2.24, 2.45) is 5.92 Å². The predicted octanol–water partition coefficient (Wildman–Crippen LogP) is 3.79. The van der Waals surface area contributed by atoms with Crippen molar-refractivity contribution < 1.29 is 9.72 Å². The summed E-state index contributed by atoms with van der Waals surface area (Å²) in [6.07, 6.45) is 2.02. The summed E-state index contributed by atoms with van der Waals surface area (Å²) < 4.78 is 0. The number of amides is 1. The normalized spacial score (nSPS) is 14.9. The van der Waals surface area contributed by atoms with Gasteiger partial charge in [0.2, 0.25) is 0 Å². The molecule has 1 saturated heterocycles. The lowest BCUT2D eigenvalue weighted by molar-refractivity contribution is -0.384. The second-order valence-corrected chi connectivity index (χ2v) is 6.75. The molecule has 1 aliphatic heterocycles. The highest BCUT2D eigenvalue weighted by molar-refractivity contribution is 6.04. The number of hydrogen-bond donors (Lipinski definition) is 1. The zero-order valence-corrected chi connectivity index (χ0v) is 14.9. The first-order valence-corrected chi connectivity index (χ1v) is 8.72. The fourth-order valence-corrected chi connectivity index (χ4v) is 3.13. The van der Waals surface area contributed by atoms with Gasteiger partial charge in [-0.15, -0.1) is 0 Å². The third-order valence-electron chi connectivity index (χ3n) is 4.69. The van der Waals surface area contributed by atoms with Crippen molar-refractivity contribution >= 4 is 23.1 Å². The van der Waals surface area contributed by atoms with Gasteiger partial charge in [-0.25, -0.2) is 4.98 Å². The molecule has 0 unspecified atom stereocenters. The second-order valence-electron chi connectivity index (χ2n) is 6.75. The summed E-state index contributed by atoms with van der Waals surface area (Å²) in [6.45, 7) is 5.61. The quantitative estimate of drug-likeness (QED) is 0.667. The van der Waals surface area contributed by atoms with E-state index >= 15 is 0 Å². The molecular formula is C19H22N4O3. The fourth-order valence-electron chi connectivity index (χ4n) is 3.13. The van der Waals surface area contributed by atoms with Crippen LogP contribution in [0.1, 0.15) is 35.8 Å². The highest BCUT2D eigenvalue weighted by atomic mass is 16.6. The van der Waals surface area contributed by atoms with E-state index in [2.05, 4.69) is 17.2 Å². The summed E-state index contributed by atoms with van der Waals surface area (Å²) in [5.41, 5.74) is 1.56. The molecule has 0 bridgehead atoms. The first-order chi connectivity index (χ1) is 12.4. The summed E-state index contributed by atoms with van der Waals surface area (Å²) in [5.74, 6) is 0.647. The Morgan fingerprint density at radius 1 is 1.27 bits per heavy atom. The number of nitro benzene ring substituents is 1. The van der Waals surface area contributed by atoms with Crippen LogP contribution in [0.2, 0.25) is 0 Å². The lowest BCUT2D eigenvalue weighted by atomic mass is 9.98. The summed E-state index contributed by atoms with van der Waals surface area (Å²) in [5, 5.41) is 14.2. The second kappa shape index (κ2) is 7.51. The highest BCUT2D eigenvalue weighted by Crippen LogP contribution is 2.32. The molecule has 0 radical (unpaired) electrons. The van der Waals surface area contributed by atoms with Gasteiger partial charge in [0.15, 0.2) is 0 Å². The van der Waals surface area contributed by atoms with Crippen molar-refractivity contribution in [3.63, 3.8) is 0 Å². The van der Waals surface area contributed by atoms with Crippen molar-refractivity contribution in [2.75, 3.05) is 23.3 Å². The van der Waals surface area contributed by atoms with E-state index in [1.165, 1.54) is 6.07 Å². The Bertz CT molecular complexity index is 829. The molecule has 0 saturated carbocycles. The van der Waals surface area contributed by atoms with Crippen molar-refractivity contribution in [3.8, 4) is 0 Å². The molecular weight excluding hydrogens is 332 g/mol. The molecule has 0 atom stereocenters. The van der Waals surface area contributed by atoms with Gasteiger partial charge < -0.3 is 10.2 Å². The number of pyridine rings is 1. The Balaban J connectivity index is 1.83. The number of benzene rings is 1. The van der Waals surface area contributed by atoms with E-state index in [0.717, 1.165) is 31.6 Å². The van der Waals surface area contributed by atoms with Crippen LogP contribution >= 0.6 is 0 Å². The van der Waals surface area contributed by atoms with Crippen molar-refractivity contribution in [3.05, 3.63) is 57.8 Å². The molecule has 1 fully saturated rings. The van der Waals surface area contributed by atoms with E-state index < -0.39 is 10.8 Å². The SMILES string of the molecule is Cc1cccc(NC(=O)c2ccc(N3CCC(C)CC3)c([N+](=O)[O-])c2)n1. The minimum atomic E-state index is -0.422. The lowest BCUT2D eigenvalue weighted by Crippen LogP contribution is -2.33. The number of anilines is 2. The van der Waals surface area contributed by atoms with Crippen LogP contribution in [-0.2, 0) is 0 Å². The average molecular weight is 354 g/mol. The van der Waals surface area contributed by atoms with Gasteiger partial charge >= 0.3 is 0 Å². The van der Waals surface area contributed by atoms with Crippen molar-refractivity contribution in [2.45, 2.75) is 26.7 Å². The molecule has 1 aromatic carbocycles. The lowest BCUT2D eigenvalue weighted by Gasteiger charge is -2.31. The fraction of sp³-hybridized carbons (Fsp3) is 0.368. The van der Waals surface area contributed by atoms with Crippen LogP contribution in [0.25, 0.3) is 0 Å². The van der Waals surface area contributed by atoms with Gasteiger partial charge in [0, 0.05) is 30.4 Å². The third kappa shape index (κ3) is 3.99. The largest absolute Gasteiger partial charge is 0.366 e. The molecule has 7 nitrogen and oxygen atoms in total. The summed E-state index contributed by atoms with van der Waals surface area (Å²) >= 11 is 0. The topological polar surface area (TPSA) is 88.4 Å². The van der Waals surface area contributed by atoms with Crippen molar-refractivity contribution in [1.29, 1.82) is 0 Å². The molecule has 1 amide bonds. The summed E-state index contributed by atoms with van der Waals surface area (Å²) in [4.78, 5) is 29.8. The molecule has 3 rings (SSSR count). The maximum Gasteiger partial charge on any atom is 0.293 e. The maximum absolute atomic E-state index is 12.4. The van der Waals surface area contributed by atoms with Gasteiger partial charge in [-0.1, -0.05) is 13.0 Å². The van der Waals surface area contributed by atoms with Crippen LogP contribution in [0.4, 0.5) is 17.2 Å². The smallest absolute Gasteiger partial charge is 0.293 e. The molecule has 0 spiro atoms. The van der Waals surface area contributed by atoms with Crippen molar-refractivity contribution in [1.82, 2.24) is 4.98 Å². The Morgan fingerprint density at radius 3 is 2.65 bits per heavy atom. The summed E-state index contributed by atoms with van der Waals surface area (Å²) in [7, 11) is 0. The van der Waals surface area contributed by atoms with Crippen LogP contribution in [0.3, 0.4) is 0 Å². The van der Waals surface area contributed by atoms with Crippen LogP contribution in [-0.4, -0.2) is 28.9 Å². The molecule has 2 heterocycles. The van der Waals surface area contributed by atoms with Gasteiger partial charge in [-0.2, -0.15) is 0 Å². The zero-order valence-electron chi connectivity index (χ0n) is 14.9. The molecule has 7 heteroatoms. The molecule has 1 N–H and O–H groups in total. The van der Waals surface area contributed by atoms with E-state index in [0.29, 0.717) is 17.4 Å². The first kappa shape index (κ1) is 17.8. The monoisotopic (exact) mass is 354 g/mol. The van der Waals surface area contributed by atoms with Gasteiger partial charge in [0.25, 0.3) is 11.6 Å². The number of carbonyl (C=O) groups excluding carboxylic acids is 1. The molecule has 26 heavy (non-hydrogen) atoms. The number of nitrogens with one attached hydrogen (secondary N) is 1. The van der Waals surface area contributed by atoms with Gasteiger partial charge in [-0.05, 0) is 49.9 Å². The minimum absolute atomic E-state index is 0.0376. The molecule has 2 aromatic rings. The number of nitro groups is 1. The number of hydrogen-bond acceptors (Lipinski definition) is 5. The highest BCUT2D eigenvalue weighted by Gasteiger charge is 2.24. The van der Waals surface area contributed by atoms with E-state index in [-0.39, 0.29) is 11.3 Å². The number of nitrogens with zero attached hydrogens (tertiary/aromatic N) is 3. The number of aromatic nitrogens is 1. The Kier molecular flexibility index (Phi) is 5.16. The van der Waals surface area contributed by atoms with Crippen LogP contribution in [0.5, 0.6) is 0 Å². The standard InChI is InChI=1S/C19H22N4O3/c1-13-8-10-22(11-9-13)16-7-6-15(12-17(16)23(25)26)19(24)21-18-5-3-4-14(2)20-18/h3-7,12-13H,8-11H2,1-2H3,(H,20,21,24). The van der Waals surface area contributed by atoms with Crippen LogP contribution in [0, 0.1) is 23.0 Å². The zero-order chi connectivity index (χ0) is 18.7. The van der Waals surface area contributed by atoms with E-state index in [1.54, 1.807) is 24.3 Å². The number of aryl methyl sites for hydroxylation is 1. The van der Waals surface area contributed by atoms with Gasteiger partial charge in [0.1, 0.15) is 11.5 Å². The minimum Gasteiger partial charge on any atom is -0.366 e. The molecule has 1 aliphatic rings. The number of piperidine rings is 1. The predicted molar refractivity (Wildman–Crippen MR) is 101 cm³/mol. The maximum atomic E-state index is 12.4. The van der Waals surface area contributed by atoms with Gasteiger partial charge in [0.05, 0.1) is 4.92 Å². The number of carbonyl (C=O) groups is 1. The first-order valence-electron chi connectivity index (χ1n) is 8.72. The van der Waals surface area contributed by atoms with E-state index in [4.69, 9.17) is 0 Å². The third-order valence-corrected chi connectivity index (χ3v) is 4.69. The average Bonchev–Trinajstić information content (AvgIpc) is 2.62. The Hall–Kier alpha value is -2.96.